The molecule has 0 radical (unpaired) electrons. The maximum atomic E-state index is 13.0. The van der Waals surface area contributed by atoms with Crippen molar-refractivity contribution in [2.75, 3.05) is 12.4 Å². The molecule has 1 N–H and O–H groups in total. The van der Waals surface area contributed by atoms with Crippen molar-refractivity contribution >= 4 is 29.2 Å². The van der Waals surface area contributed by atoms with Crippen LogP contribution in [0.4, 0.5) is 5.69 Å². The molecule has 2 unspecified atom stereocenters. The molecule has 2 aromatic rings. The number of aromatic nitrogens is 1. The molecule has 186 valence electrons. The highest BCUT2D eigenvalue weighted by molar-refractivity contribution is 6.33. The summed E-state index contributed by atoms with van der Waals surface area (Å²) in [6.07, 6.45) is 5.24. The Morgan fingerprint density at radius 3 is 2.71 bits per heavy atom. The summed E-state index contributed by atoms with van der Waals surface area (Å²) in [5, 5.41) is 7.90. The number of nitrogens with one attached hydrogen (secondary N) is 1. The molecule has 0 spiro atoms. The third kappa shape index (κ3) is 6.62. The van der Waals surface area contributed by atoms with Gasteiger partial charge in [-0.25, -0.2) is 0 Å². The number of halogens is 1. The van der Waals surface area contributed by atoms with E-state index in [0.717, 1.165) is 48.3 Å². The van der Waals surface area contributed by atoms with E-state index in [0.29, 0.717) is 34.9 Å². The number of fused-ring (bicyclic) bond motifs is 1. The Morgan fingerprint density at radius 2 is 2.03 bits per heavy atom. The monoisotopic (exact) mass is 488 g/mol. The van der Waals surface area contributed by atoms with Crippen LogP contribution in [0, 0.1) is 12.8 Å². The van der Waals surface area contributed by atoms with Gasteiger partial charge >= 0.3 is 5.97 Å². The smallest absolute Gasteiger partial charge is 0.305 e. The number of amides is 1. The molecule has 6 nitrogen and oxygen atoms in total. The topological polar surface area (TPSA) is 81.4 Å². The minimum Gasteiger partial charge on any atom is -0.469 e. The lowest BCUT2D eigenvalue weighted by Gasteiger charge is -2.27. The van der Waals surface area contributed by atoms with Gasteiger partial charge in [-0.05, 0) is 62.1 Å². The number of carbonyl (C=O) groups is 2. The third-order valence-corrected chi connectivity index (χ3v) is 7.14. The molecule has 1 heterocycles. The predicted molar refractivity (Wildman–Crippen MR) is 134 cm³/mol. The van der Waals surface area contributed by atoms with E-state index in [1.165, 1.54) is 7.11 Å². The first-order valence-corrected chi connectivity index (χ1v) is 12.7. The fourth-order valence-electron chi connectivity index (χ4n) is 4.82. The Labute approximate surface area is 207 Å². The fourth-order valence-corrected chi connectivity index (χ4v) is 5.10. The van der Waals surface area contributed by atoms with Gasteiger partial charge < -0.3 is 14.6 Å². The summed E-state index contributed by atoms with van der Waals surface area (Å²) >= 11 is 6.31. The second-order valence-corrected chi connectivity index (χ2v) is 10.4. The van der Waals surface area contributed by atoms with E-state index in [9.17, 15) is 9.59 Å². The average molecular weight is 489 g/mol. The zero-order valence-corrected chi connectivity index (χ0v) is 21.7. The summed E-state index contributed by atoms with van der Waals surface area (Å²) in [6.45, 7) is 8.62. The van der Waals surface area contributed by atoms with E-state index in [2.05, 4.69) is 31.2 Å². The summed E-state index contributed by atoms with van der Waals surface area (Å²) in [4.78, 5) is 24.9. The highest BCUT2D eigenvalue weighted by atomic mass is 35.5. The number of methoxy groups -OCH3 is 1. The molecule has 0 bridgehead atoms. The number of hydrogen-bond acceptors (Lipinski definition) is 5. The molecule has 1 aliphatic rings. The van der Waals surface area contributed by atoms with Crippen molar-refractivity contribution in [2.45, 2.75) is 90.4 Å². The maximum Gasteiger partial charge on any atom is 0.305 e. The molecule has 1 aromatic carbocycles. The van der Waals surface area contributed by atoms with E-state index in [4.69, 9.17) is 20.9 Å². The van der Waals surface area contributed by atoms with Crippen molar-refractivity contribution in [2.24, 2.45) is 5.92 Å². The van der Waals surface area contributed by atoms with Crippen LogP contribution in [0.2, 0.25) is 5.02 Å². The highest BCUT2D eigenvalue weighted by Crippen LogP contribution is 2.45. The number of esters is 1. The Hall–Kier alpha value is -2.34. The van der Waals surface area contributed by atoms with Gasteiger partial charge in [0, 0.05) is 30.2 Å². The molecule has 1 aliphatic carbocycles. The van der Waals surface area contributed by atoms with Crippen molar-refractivity contribution in [3.05, 3.63) is 45.8 Å². The summed E-state index contributed by atoms with van der Waals surface area (Å²) in [7, 11) is 1.38. The average Bonchev–Trinajstić information content (AvgIpc) is 3.24. The van der Waals surface area contributed by atoms with Gasteiger partial charge in [0.25, 0.3) is 0 Å². The summed E-state index contributed by atoms with van der Waals surface area (Å²) in [5.41, 5.74) is 3.55. The van der Waals surface area contributed by atoms with E-state index >= 15 is 0 Å². The first kappa shape index (κ1) is 26.3. The van der Waals surface area contributed by atoms with Gasteiger partial charge in [0.15, 0.2) is 0 Å². The normalized spacial score (nSPS) is 18.4. The molecule has 0 aliphatic heterocycles. The Bertz CT molecular complexity index is 1000. The fraction of sp³-hybridized carbons (Fsp3) is 0.593. The maximum absolute atomic E-state index is 13.0. The third-order valence-electron chi connectivity index (χ3n) is 6.83. The number of ether oxygens (including phenoxy) is 1. The van der Waals surface area contributed by atoms with Crippen LogP contribution in [0.15, 0.2) is 22.7 Å². The van der Waals surface area contributed by atoms with Gasteiger partial charge in [0.1, 0.15) is 5.76 Å². The molecular weight excluding hydrogens is 452 g/mol. The van der Waals surface area contributed by atoms with Gasteiger partial charge in [-0.1, -0.05) is 50.0 Å². The van der Waals surface area contributed by atoms with Gasteiger partial charge in [-0.3, -0.25) is 9.59 Å². The molecule has 7 heteroatoms. The Balaban J connectivity index is 1.84. The van der Waals surface area contributed by atoms with Crippen molar-refractivity contribution in [3.8, 4) is 0 Å². The number of benzene rings is 1. The molecule has 0 saturated heterocycles. The minimum absolute atomic E-state index is 0.169. The van der Waals surface area contributed by atoms with Crippen molar-refractivity contribution < 1.29 is 18.8 Å². The molecule has 0 fully saturated rings. The summed E-state index contributed by atoms with van der Waals surface area (Å²) in [6, 6.07) is 5.53. The quantitative estimate of drug-likeness (QED) is 0.360. The largest absolute Gasteiger partial charge is 0.469 e. The lowest BCUT2D eigenvalue weighted by Crippen LogP contribution is -2.19. The number of aryl methyl sites for hydroxylation is 1. The van der Waals surface area contributed by atoms with E-state index in [1.807, 2.05) is 19.1 Å². The van der Waals surface area contributed by atoms with Crippen molar-refractivity contribution in [1.29, 1.82) is 0 Å². The molecule has 3 atom stereocenters. The lowest BCUT2D eigenvalue weighted by atomic mass is 9.76. The number of rotatable bonds is 10. The Morgan fingerprint density at radius 1 is 1.26 bits per heavy atom. The number of hydrogen-bond donors (Lipinski definition) is 1. The van der Waals surface area contributed by atoms with Gasteiger partial charge in [0.2, 0.25) is 5.91 Å². The summed E-state index contributed by atoms with van der Waals surface area (Å²) < 4.78 is 10.8. The SMILES string of the molecule is COC(=O)CC[C@@H](CC(=O)Nc1ccc(C)cc1Cl)c1noc2c1C(C)CCC2CCC(C)C. The second-order valence-electron chi connectivity index (χ2n) is 10.0. The van der Waals surface area contributed by atoms with Crippen LogP contribution in [0.1, 0.15) is 106 Å². The van der Waals surface area contributed by atoms with E-state index in [-0.39, 0.29) is 30.6 Å². The highest BCUT2D eigenvalue weighted by Gasteiger charge is 2.35. The van der Waals surface area contributed by atoms with Crippen molar-refractivity contribution in [1.82, 2.24) is 5.16 Å². The first-order valence-electron chi connectivity index (χ1n) is 12.3. The van der Waals surface area contributed by atoms with Crippen LogP contribution in [0.3, 0.4) is 0 Å². The van der Waals surface area contributed by atoms with Gasteiger partial charge in [-0.2, -0.15) is 0 Å². The number of nitrogens with zero attached hydrogens (tertiary/aromatic N) is 1. The van der Waals surface area contributed by atoms with Gasteiger partial charge in [0.05, 0.1) is 23.5 Å². The molecule has 3 rings (SSSR count). The zero-order chi connectivity index (χ0) is 24.8. The summed E-state index contributed by atoms with van der Waals surface area (Å²) in [5.74, 6) is 1.55. The van der Waals surface area contributed by atoms with Crippen LogP contribution in [-0.2, 0) is 14.3 Å². The number of carbonyl (C=O) groups excluding carboxylic acids is 2. The van der Waals surface area contributed by atoms with Gasteiger partial charge in [-0.15, -0.1) is 0 Å². The van der Waals surface area contributed by atoms with E-state index < -0.39 is 0 Å². The molecular formula is C27H37ClN2O4. The van der Waals surface area contributed by atoms with Crippen LogP contribution in [0.5, 0.6) is 0 Å². The van der Waals surface area contributed by atoms with E-state index in [1.54, 1.807) is 6.07 Å². The van der Waals surface area contributed by atoms with Crippen LogP contribution in [-0.4, -0.2) is 24.1 Å². The predicted octanol–water partition coefficient (Wildman–Crippen LogP) is 7.12. The standard InChI is InChI=1S/C27H37ClN2O4/c1-16(2)6-9-19-10-8-18(4)25-26(30-34-27(19)25)20(11-13-24(32)33-5)15-23(31)29-22-12-7-17(3)14-21(22)28/h7,12,14,16,18-20H,6,8-11,13,15H2,1-5H3,(H,29,31)/t18?,19?,20-/m0/s1. The lowest BCUT2D eigenvalue weighted by molar-refractivity contribution is -0.141. The molecule has 34 heavy (non-hydrogen) atoms. The zero-order valence-electron chi connectivity index (χ0n) is 20.9. The minimum atomic E-state index is -0.299. The number of anilines is 1. The Kier molecular flexibility index (Phi) is 9.17. The second kappa shape index (κ2) is 11.9. The van der Waals surface area contributed by atoms with Crippen molar-refractivity contribution in [3.63, 3.8) is 0 Å². The molecule has 1 aromatic heterocycles. The van der Waals surface area contributed by atoms with Crippen LogP contribution >= 0.6 is 11.6 Å². The van der Waals surface area contributed by atoms with Crippen LogP contribution < -0.4 is 5.32 Å². The molecule has 0 saturated carbocycles. The van der Waals surface area contributed by atoms with Crippen LogP contribution in [0.25, 0.3) is 0 Å². The molecule has 1 amide bonds. The first-order chi connectivity index (χ1) is 16.2.